The number of rotatable bonds is 7. The summed E-state index contributed by atoms with van der Waals surface area (Å²) in [5, 5.41) is 3.66. The fourth-order valence-corrected chi connectivity index (χ4v) is 5.56. The van der Waals surface area contributed by atoms with Crippen LogP contribution < -0.4 is 10.0 Å². The summed E-state index contributed by atoms with van der Waals surface area (Å²) in [6.07, 6.45) is 0. The van der Waals surface area contributed by atoms with Crippen LogP contribution in [0.2, 0.25) is 0 Å². The van der Waals surface area contributed by atoms with Crippen LogP contribution >= 0.6 is 0 Å². The zero-order valence-corrected chi connectivity index (χ0v) is 17.5. The fourth-order valence-electron chi connectivity index (χ4n) is 4.06. The fraction of sp³-hybridized carbons (Fsp3) is 0.250. The van der Waals surface area contributed by atoms with Crippen molar-refractivity contribution >= 4 is 10.0 Å². The minimum atomic E-state index is -3.37. The van der Waals surface area contributed by atoms with Crippen LogP contribution in [0.1, 0.15) is 42.1 Å². The Morgan fingerprint density at radius 1 is 0.793 bits per heavy atom. The smallest absolute Gasteiger partial charge is 0.216 e. The molecule has 0 saturated heterocycles. The highest BCUT2D eigenvalue weighted by Crippen LogP contribution is 2.43. The molecule has 29 heavy (non-hydrogen) atoms. The summed E-state index contributed by atoms with van der Waals surface area (Å²) >= 11 is 0. The quantitative estimate of drug-likeness (QED) is 0.612. The molecule has 0 saturated carbocycles. The van der Waals surface area contributed by atoms with Gasteiger partial charge < -0.3 is 5.32 Å². The number of fused-ring (bicyclic) bond motifs is 3. The topological polar surface area (TPSA) is 58.2 Å². The summed E-state index contributed by atoms with van der Waals surface area (Å²) in [6, 6.07) is 24.6. The summed E-state index contributed by atoms with van der Waals surface area (Å²) in [4.78, 5) is 0. The summed E-state index contributed by atoms with van der Waals surface area (Å²) in [7, 11) is -3.37. The minimum Gasteiger partial charge on any atom is -0.302 e. The van der Waals surface area contributed by atoms with Crippen LogP contribution in [0.15, 0.2) is 72.8 Å². The molecule has 2 N–H and O–H groups in total. The summed E-state index contributed by atoms with van der Waals surface area (Å²) in [6.45, 7) is 4.26. The molecule has 0 radical (unpaired) electrons. The Balaban J connectivity index is 1.58. The lowest BCUT2D eigenvalue weighted by Gasteiger charge is -2.18. The van der Waals surface area contributed by atoms with Crippen LogP contribution in [-0.2, 0) is 22.3 Å². The highest BCUT2D eigenvalue weighted by molar-refractivity contribution is 7.88. The van der Waals surface area contributed by atoms with Gasteiger partial charge in [-0.3, -0.25) is 0 Å². The first-order chi connectivity index (χ1) is 13.9. The Morgan fingerprint density at radius 2 is 1.31 bits per heavy atom. The van der Waals surface area contributed by atoms with Crippen molar-refractivity contribution in [2.75, 3.05) is 0 Å². The second-order valence-corrected chi connectivity index (χ2v) is 9.54. The third kappa shape index (κ3) is 4.27. The number of hydrogen-bond acceptors (Lipinski definition) is 3. The molecular formula is C24H26N2O2S. The zero-order valence-electron chi connectivity index (χ0n) is 16.7. The predicted octanol–water partition coefficient (Wildman–Crippen LogP) is 4.37. The molecule has 0 atom stereocenters. The highest BCUT2D eigenvalue weighted by Gasteiger charge is 2.27. The van der Waals surface area contributed by atoms with E-state index in [-0.39, 0.29) is 17.8 Å². The second-order valence-electron chi connectivity index (χ2n) is 7.79. The Hall–Kier alpha value is -2.47. The van der Waals surface area contributed by atoms with Crippen LogP contribution in [0.3, 0.4) is 0 Å². The first-order valence-electron chi connectivity index (χ1n) is 9.93. The van der Waals surface area contributed by atoms with Crippen LogP contribution in [-0.4, -0.2) is 14.5 Å². The van der Waals surface area contributed by atoms with Crippen molar-refractivity contribution in [1.82, 2.24) is 10.0 Å². The maximum Gasteiger partial charge on any atom is 0.216 e. The van der Waals surface area contributed by atoms with E-state index < -0.39 is 10.0 Å². The Bertz CT molecular complexity index is 1080. The molecule has 4 nitrogen and oxygen atoms in total. The van der Waals surface area contributed by atoms with E-state index in [0.717, 1.165) is 11.1 Å². The number of nitrogens with one attached hydrogen (secondary N) is 2. The number of hydrogen-bond donors (Lipinski definition) is 2. The van der Waals surface area contributed by atoms with Gasteiger partial charge in [-0.15, -0.1) is 0 Å². The SMILES string of the molecule is CC(C)NS(=O)(=O)Cc1ccccc1CNC1c2ccccc2-c2ccccc21. The molecule has 0 bridgehead atoms. The summed E-state index contributed by atoms with van der Waals surface area (Å²) in [5.74, 6) is -0.0130. The Morgan fingerprint density at radius 3 is 1.90 bits per heavy atom. The van der Waals surface area contributed by atoms with E-state index in [0.29, 0.717) is 6.54 Å². The normalized spacial score (nSPS) is 13.5. The van der Waals surface area contributed by atoms with Crippen molar-refractivity contribution in [3.63, 3.8) is 0 Å². The average molecular weight is 407 g/mol. The molecule has 0 fully saturated rings. The van der Waals surface area contributed by atoms with Gasteiger partial charge in [0.1, 0.15) is 0 Å². The second kappa shape index (κ2) is 8.11. The molecule has 0 aliphatic heterocycles. The molecule has 0 heterocycles. The van der Waals surface area contributed by atoms with Crippen molar-refractivity contribution in [3.05, 3.63) is 95.1 Å². The standard InChI is InChI=1S/C24H26N2O2S/c1-17(2)26-29(27,28)16-19-10-4-3-9-18(19)15-25-24-22-13-7-5-11-20(22)21-12-6-8-14-23(21)24/h3-14,17,24-26H,15-16H2,1-2H3. The van der Waals surface area contributed by atoms with E-state index in [4.69, 9.17) is 0 Å². The van der Waals surface area contributed by atoms with E-state index in [1.807, 2.05) is 38.1 Å². The average Bonchev–Trinajstić information content (AvgIpc) is 3.00. The van der Waals surface area contributed by atoms with E-state index >= 15 is 0 Å². The molecule has 3 aromatic carbocycles. The van der Waals surface area contributed by atoms with E-state index in [9.17, 15) is 8.42 Å². The van der Waals surface area contributed by atoms with Crippen LogP contribution in [0.25, 0.3) is 11.1 Å². The van der Waals surface area contributed by atoms with E-state index in [1.54, 1.807) is 0 Å². The Labute approximate surface area is 173 Å². The van der Waals surface area contributed by atoms with Gasteiger partial charge in [-0.05, 0) is 47.2 Å². The molecule has 3 aromatic rings. The molecular weight excluding hydrogens is 380 g/mol. The van der Waals surface area contributed by atoms with Crippen molar-refractivity contribution < 1.29 is 8.42 Å². The number of benzene rings is 3. The molecule has 150 valence electrons. The van der Waals surface area contributed by atoms with Crippen molar-refractivity contribution in [3.8, 4) is 11.1 Å². The predicted molar refractivity (Wildman–Crippen MR) is 118 cm³/mol. The van der Waals surface area contributed by atoms with Gasteiger partial charge in [-0.2, -0.15) is 0 Å². The van der Waals surface area contributed by atoms with Gasteiger partial charge in [-0.1, -0.05) is 72.8 Å². The van der Waals surface area contributed by atoms with Gasteiger partial charge in [0.15, 0.2) is 0 Å². The molecule has 1 aliphatic rings. The molecule has 1 aliphatic carbocycles. The van der Waals surface area contributed by atoms with Gasteiger partial charge in [0, 0.05) is 12.6 Å². The zero-order chi connectivity index (χ0) is 20.4. The monoisotopic (exact) mass is 406 g/mol. The summed E-state index contributed by atoms with van der Waals surface area (Å²) in [5.41, 5.74) is 6.88. The van der Waals surface area contributed by atoms with Crippen LogP contribution in [0, 0.1) is 0 Å². The van der Waals surface area contributed by atoms with Gasteiger partial charge in [0.2, 0.25) is 10.0 Å². The van der Waals surface area contributed by atoms with Crippen molar-refractivity contribution in [2.45, 2.75) is 38.2 Å². The van der Waals surface area contributed by atoms with Gasteiger partial charge >= 0.3 is 0 Å². The largest absolute Gasteiger partial charge is 0.302 e. The summed E-state index contributed by atoms with van der Waals surface area (Å²) < 4.78 is 27.5. The molecule has 4 rings (SSSR count). The maximum atomic E-state index is 12.4. The molecule has 0 unspecified atom stereocenters. The lowest BCUT2D eigenvalue weighted by Crippen LogP contribution is -2.31. The van der Waals surface area contributed by atoms with Gasteiger partial charge in [0.25, 0.3) is 0 Å². The van der Waals surface area contributed by atoms with Crippen molar-refractivity contribution in [2.24, 2.45) is 0 Å². The third-order valence-corrected chi connectivity index (χ3v) is 6.73. The molecule has 0 spiro atoms. The third-order valence-electron chi connectivity index (χ3n) is 5.21. The lowest BCUT2D eigenvalue weighted by molar-refractivity contribution is 0.568. The van der Waals surface area contributed by atoms with E-state index in [2.05, 4.69) is 58.6 Å². The van der Waals surface area contributed by atoms with Crippen LogP contribution in [0.4, 0.5) is 0 Å². The molecule has 0 aromatic heterocycles. The van der Waals surface area contributed by atoms with Crippen LogP contribution in [0.5, 0.6) is 0 Å². The maximum absolute atomic E-state index is 12.4. The lowest BCUT2D eigenvalue weighted by atomic mass is 10.0. The van der Waals surface area contributed by atoms with Gasteiger partial charge in [-0.25, -0.2) is 13.1 Å². The molecule has 0 amide bonds. The van der Waals surface area contributed by atoms with E-state index in [1.165, 1.54) is 22.3 Å². The van der Waals surface area contributed by atoms with Crippen molar-refractivity contribution in [1.29, 1.82) is 0 Å². The first-order valence-corrected chi connectivity index (χ1v) is 11.6. The van der Waals surface area contributed by atoms with Gasteiger partial charge in [0.05, 0.1) is 11.8 Å². The minimum absolute atomic E-state index is 0.0130. The highest BCUT2D eigenvalue weighted by atomic mass is 32.2. The molecule has 5 heteroatoms. The first kappa shape index (κ1) is 19.8. The Kier molecular flexibility index (Phi) is 5.54. The number of sulfonamides is 1.